The molecule has 0 saturated heterocycles. The zero-order valence-corrected chi connectivity index (χ0v) is 8.48. The molecule has 0 aliphatic heterocycles. The van der Waals surface area contributed by atoms with Gasteiger partial charge >= 0.3 is 0 Å². The Labute approximate surface area is 90.2 Å². The van der Waals surface area contributed by atoms with E-state index in [1.54, 1.807) is 24.7 Å². The summed E-state index contributed by atoms with van der Waals surface area (Å²) in [5.41, 5.74) is 11.0. The maximum atomic E-state index is 5.53. The lowest BCUT2D eigenvalue weighted by Gasteiger charge is -2.01. The highest BCUT2D eigenvalue weighted by Crippen LogP contribution is 2.24. The average molecular weight is 220 g/mol. The fourth-order valence-electron chi connectivity index (χ4n) is 0.959. The first-order valence-electron chi connectivity index (χ1n) is 4.08. The Morgan fingerprint density at radius 3 is 2.60 bits per heavy atom. The summed E-state index contributed by atoms with van der Waals surface area (Å²) in [5, 5.41) is 1.38. The van der Waals surface area contributed by atoms with Gasteiger partial charge in [0.1, 0.15) is 15.9 Å². The summed E-state index contributed by atoms with van der Waals surface area (Å²) in [6.07, 6.45) is 4.85. The van der Waals surface area contributed by atoms with E-state index in [0.29, 0.717) is 10.8 Å². The molecule has 15 heavy (non-hydrogen) atoms. The van der Waals surface area contributed by atoms with E-state index in [0.717, 1.165) is 5.03 Å². The zero-order valence-electron chi connectivity index (χ0n) is 7.66. The van der Waals surface area contributed by atoms with Crippen LogP contribution in [0.2, 0.25) is 0 Å². The molecule has 0 radical (unpaired) electrons. The molecule has 7 heteroatoms. The highest BCUT2D eigenvalue weighted by Gasteiger charge is 2.03. The van der Waals surface area contributed by atoms with E-state index in [9.17, 15) is 0 Å². The Morgan fingerprint density at radius 2 is 1.93 bits per heavy atom. The highest BCUT2D eigenvalue weighted by molar-refractivity contribution is 7.99. The minimum absolute atomic E-state index is 0.154. The van der Waals surface area contributed by atoms with Gasteiger partial charge in [-0.1, -0.05) is 0 Å². The summed E-state index contributed by atoms with van der Waals surface area (Å²) in [4.78, 5) is 15.8. The van der Waals surface area contributed by atoms with Crippen LogP contribution in [0.15, 0.2) is 34.7 Å². The maximum absolute atomic E-state index is 5.53. The van der Waals surface area contributed by atoms with Crippen LogP contribution in [0.1, 0.15) is 0 Å². The molecule has 0 aliphatic rings. The number of aromatic nitrogens is 4. The van der Waals surface area contributed by atoms with E-state index in [-0.39, 0.29) is 5.95 Å². The van der Waals surface area contributed by atoms with Crippen LogP contribution in [0.5, 0.6) is 0 Å². The van der Waals surface area contributed by atoms with Crippen molar-refractivity contribution in [2.45, 2.75) is 10.1 Å². The van der Waals surface area contributed by atoms with Gasteiger partial charge in [-0.05, 0) is 11.8 Å². The number of nitrogen functional groups attached to an aromatic ring is 2. The molecule has 0 fully saturated rings. The third-order valence-corrected chi connectivity index (χ3v) is 2.33. The largest absolute Gasteiger partial charge is 0.383 e. The van der Waals surface area contributed by atoms with Crippen LogP contribution in [0.4, 0.5) is 11.8 Å². The summed E-state index contributed by atoms with van der Waals surface area (Å²) >= 11 is 1.33. The Morgan fingerprint density at radius 1 is 1.07 bits per heavy atom. The molecule has 2 heterocycles. The van der Waals surface area contributed by atoms with Crippen LogP contribution in [0.25, 0.3) is 0 Å². The standard InChI is InChI=1S/C8H8N6S/c9-5-3-6(14-8(10)13-5)15-7-4-11-1-2-12-7/h1-4H,(H4,9,10,13,14). The normalized spacial score (nSPS) is 10.1. The Hall–Kier alpha value is -1.89. The van der Waals surface area contributed by atoms with Crippen molar-refractivity contribution in [3.63, 3.8) is 0 Å². The first kappa shape index (κ1) is 9.66. The third-order valence-electron chi connectivity index (χ3n) is 1.49. The minimum Gasteiger partial charge on any atom is -0.383 e. The number of anilines is 2. The first-order valence-corrected chi connectivity index (χ1v) is 4.89. The van der Waals surface area contributed by atoms with E-state index in [2.05, 4.69) is 19.9 Å². The van der Waals surface area contributed by atoms with Crippen LogP contribution < -0.4 is 11.5 Å². The Kier molecular flexibility index (Phi) is 2.64. The summed E-state index contributed by atoms with van der Waals surface area (Å²) in [6.45, 7) is 0. The highest BCUT2D eigenvalue weighted by atomic mass is 32.2. The van der Waals surface area contributed by atoms with Crippen molar-refractivity contribution < 1.29 is 0 Å². The van der Waals surface area contributed by atoms with Gasteiger partial charge in [0, 0.05) is 18.5 Å². The van der Waals surface area contributed by atoms with Gasteiger partial charge in [0.2, 0.25) is 5.95 Å². The molecular formula is C8H8N6S. The molecule has 0 aliphatic carbocycles. The van der Waals surface area contributed by atoms with E-state index >= 15 is 0 Å². The predicted octanol–water partition coefficient (Wildman–Crippen LogP) is 0.582. The zero-order chi connectivity index (χ0) is 10.7. The van der Waals surface area contributed by atoms with Crippen molar-refractivity contribution >= 4 is 23.5 Å². The summed E-state index contributed by atoms with van der Waals surface area (Å²) in [7, 11) is 0. The van der Waals surface area contributed by atoms with Gasteiger partial charge in [-0.2, -0.15) is 4.98 Å². The van der Waals surface area contributed by atoms with Gasteiger partial charge in [-0.3, -0.25) is 4.98 Å². The number of hydrogen-bond donors (Lipinski definition) is 2. The quantitative estimate of drug-likeness (QED) is 0.713. The minimum atomic E-state index is 0.154. The first-order chi connectivity index (χ1) is 7.24. The van der Waals surface area contributed by atoms with Gasteiger partial charge in [0.05, 0.1) is 6.20 Å². The molecule has 76 valence electrons. The van der Waals surface area contributed by atoms with Crippen molar-refractivity contribution in [1.29, 1.82) is 0 Å². The van der Waals surface area contributed by atoms with E-state index in [1.807, 2.05) is 0 Å². The second-order valence-electron chi connectivity index (χ2n) is 2.63. The summed E-state index contributed by atoms with van der Waals surface area (Å²) in [5.74, 6) is 0.496. The lowest BCUT2D eigenvalue weighted by atomic mass is 10.6. The van der Waals surface area contributed by atoms with E-state index in [1.165, 1.54) is 11.8 Å². The van der Waals surface area contributed by atoms with Gasteiger partial charge in [0.15, 0.2) is 0 Å². The molecule has 0 atom stereocenters. The van der Waals surface area contributed by atoms with Crippen LogP contribution >= 0.6 is 11.8 Å². The van der Waals surface area contributed by atoms with Crippen LogP contribution in [0, 0.1) is 0 Å². The molecule has 0 bridgehead atoms. The molecule has 0 amide bonds. The maximum Gasteiger partial charge on any atom is 0.223 e. The molecule has 2 aromatic heterocycles. The second kappa shape index (κ2) is 4.09. The summed E-state index contributed by atoms with van der Waals surface area (Å²) in [6, 6.07) is 1.63. The topological polar surface area (TPSA) is 104 Å². The second-order valence-corrected chi connectivity index (χ2v) is 3.68. The fourth-order valence-corrected chi connectivity index (χ4v) is 1.72. The Bertz CT molecular complexity index is 440. The monoisotopic (exact) mass is 220 g/mol. The third kappa shape index (κ3) is 2.53. The molecule has 2 rings (SSSR count). The van der Waals surface area contributed by atoms with Crippen LogP contribution in [-0.2, 0) is 0 Å². The van der Waals surface area contributed by atoms with Gasteiger partial charge in [-0.15, -0.1) is 0 Å². The fraction of sp³-hybridized carbons (Fsp3) is 0. The molecule has 6 nitrogen and oxygen atoms in total. The number of nitrogens with two attached hydrogens (primary N) is 2. The van der Waals surface area contributed by atoms with Crippen molar-refractivity contribution in [3.05, 3.63) is 24.7 Å². The van der Waals surface area contributed by atoms with Crippen LogP contribution in [0.3, 0.4) is 0 Å². The summed E-state index contributed by atoms with van der Waals surface area (Å²) < 4.78 is 0. The lowest BCUT2D eigenvalue weighted by Crippen LogP contribution is -1.99. The van der Waals surface area contributed by atoms with Gasteiger partial charge in [-0.25, -0.2) is 9.97 Å². The average Bonchev–Trinajstić information content (AvgIpc) is 2.17. The molecular weight excluding hydrogens is 212 g/mol. The van der Waals surface area contributed by atoms with Crippen molar-refractivity contribution in [1.82, 2.24) is 19.9 Å². The van der Waals surface area contributed by atoms with Crippen LogP contribution in [-0.4, -0.2) is 19.9 Å². The number of rotatable bonds is 2. The predicted molar refractivity (Wildman–Crippen MR) is 57.0 cm³/mol. The lowest BCUT2D eigenvalue weighted by molar-refractivity contribution is 1.03. The molecule has 0 saturated carbocycles. The van der Waals surface area contributed by atoms with Crippen molar-refractivity contribution in [3.8, 4) is 0 Å². The van der Waals surface area contributed by atoms with E-state index in [4.69, 9.17) is 11.5 Å². The molecule has 4 N–H and O–H groups in total. The Balaban J connectivity index is 2.25. The van der Waals surface area contributed by atoms with Crippen molar-refractivity contribution in [2.75, 3.05) is 11.5 Å². The van der Waals surface area contributed by atoms with Gasteiger partial charge in [0.25, 0.3) is 0 Å². The SMILES string of the molecule is Nc1cc(Sc2cnccn2)nc(N)n1. The smallest absolute Gasteiger partial charge is 0.223 e. The van der Waals surface area contributed by atoms with Gasteiger partial charge < -0.3 is 11.5 Å². The number of hydrogen-bond acceptors (Lipinski definition) is 7. The van der Waals surface area contributed by atoms with Crippen molar-refractivity contribution in [2.24, 2.45) is 0 Å². The molecule has 0 unspecified atom stereocenters. The number of nitrogens with zero attached hydrogens (tertiary/aromatic N) is 4. The molecule has 0 aromatic carbocycles. The van der Waals surface area contributed by atoms with E-state index < -0.39 is 0 Å². The molecule has 2 aromatic rings. The molecule has 0 spiro atoms.